The van der Waals surface area contributed by atoms with E-state index >= 15 is 4.39 Å². The summed E-state index contributed by atoms with van der Waals surface area (Å²) in [5.41, 5.74) is 7.13. The van der Waals surface area contributed by atoms with Gasteiger partial charge in [0, 0.05) is 44.7 Å². The van der Waals surface area contributed by atoms with Crippen molar-refractivity contribution in [3.8, 4) is 11.5 Å². The van der Waals surface area contributed by atoms with E-state index in [-0.39, 0.29) is 42.8 Å². The van der Waals surface area contributed by atoms with Crippen LogP contribution >= 0.6 is 0 Å². The standard InChI is InChI=1S/C44H47FN4O5/c1-2-36(30-9-5-3-6-10-30)42(31-11-15-34(50)16-12-31)32-13-17-35(18-14-32)54-26-8-4-7-21-47-22-24-48(25-23-47)40-28-37-33(27-38(40)45)29-49(44(37)53)39-19-20-41(51)46-43(39)52/h3,5-6,9-18,27-28,39,50H,2,4,7-8,19-26,29H2,1H3,(H,46,51,52). The molecule has 2 saturated heterocycles. The number of phenolic OH excluding ortho intramolecular Hbond substituents is 1. The molecular weight excluding hydrogens is 684 g/mol. The summed E-state index contributed by atoms with van der Waals surface area (Å²) in [6, 6.07) is 28.4. The summed E-state index contributed by atoms with van der Waals surface area (Å²) in [7, 11) is 0. The number of carbonyl (C=O) groups is 3. The minimum Gasteiger partial charge on any atom is -0.508 e. The number of carbonyl (C=O) groups excluding carboxylic acids is 3. The van der Waals surface area contributed by atoms with Gasteiger partial charge in [-0.15, -0.1) is 0 Å². The van der Waals surface area contributed by atoms with Gasteiger partial charge in [0.05, 0.1) is 12.3 Å². The number of piperidine rings is 1. The van der Waals surface area contributed by atoms with E-state index < -0.39 is 11.9 Å². The Kier molecular flexibility index (Phi) is 11.4. The number of unbranched alkanes of at least 4 members (excludes halogenated alkanes) is 2. The van der Waals surface area contributed by atoms with Crippen LogP contribution in [0.15, 0.2) is 91.0 Å². The van der Waals surface area contributed by atoms with E-state index in [1.807, 2.05) is 35.2 Å². The summed E-state index contributed by atoms with van der Waals surface area (Å²) in [4.78, 5) is 43.1. The lowest BCUT2D eigenvalue weighted by Gasteiger charge is -2.36. The van der Waals surface area contributed by atoms with Gasteiger partial charge in [-0.3, -0.25) is 24.6 Å². The Morgan fingerprint density at radius 3 is 2.24 bits per heavy atom. The van der Waals surface area contributed by atoms with Crippen LogP contribution in [0.4, 0.5) is 10.1 Å². The number of imide groups is 1. The summed E-state index contributed by atoms with van der Waals surface area (Å²) in [6.45, 7) is 6.86. The van der Waals surface area contributed by atoms with Crippen molar-refractivity contribution < 1.29 is 28.6 Å². The van der Waals surface area contributed by atoms with E-state index in [4.69, 9.17) is 4.74 Å². The SMILES string of the molecule is CCC(=C(c1ccc(O)cc1)c1ccc(OCCCCCN2CCN(c3cc4c(cc3F)CN(C3CCC(=O)NC3=O)C4=O)CC2)cc1)c1ccccc1. The normalized spacial score (nSPS) is 18.0. The summed E-state index contributed by atoms with van der Waals surface area (Å²) in [5.74, 6) is -0.374. The Morgan fingerprint density at radius 2 is 1.56 bits per heavy atom. The minimum atomic E-state index is -0.718. The van der Waals surface area contributed by atoms with Crippen LogP contribution in [0.25, 0.3) is 11.1 Å². The molecule has 1 atom stereocenters. The van der Waals surface area contributed by atoms with Gasteiger partial charge in [-0.25, -0.2) is 4.39 Å². The van der Waals surface area contributed by atoms with Gasteiger partial charge in [-0.05, 0) is 108 Å². The van der Waals surface area contributed by atoms with Gasteiger partial charge in [-0.1, -0.05) is 61.5 Å². The third kappa shape index (κ3) is 8.19. The molecule has 10 heteroatoms. The average molecular weight is 731 g/mol. The summed E-state index contributed by atoms with van der Waals surface area (Å²) >= 11 is 0. The van der Waals surface area contributed by atoms with Gasteiger partial charge in [0.25, 0.3) is 5.91 Å². The molecule has 0 radical (unpaired) electrons. The Labute approximate surface area is 316 Å². The number of anilines is 1. The largest absolute Gasteiger partial charge is 0.508 e. The van der Waals surface area contributed by atoms with E-state index in [1.54, 1.807) is 18.2 Å². The van der Waals surface area contributed by atoms with E-state index in [9.17, 15) is 19.5 Å². The fraction of sp³-hybridized carbons (Fsp3) is 0.341. The number of benzene rings is 4. The Balaban J connectivity index is 0.866. The second-order valence-corrected chi connectivity index (χ2v) is 14.2. The molecule has 2 fully saturated rings. The number of piperazine rings is 1. The molecule has 4 aromatic carbocycles. The minimum absolute atomic E-state index is 0.165. The number of halogens is 1. The first-order valence-corrected chi connectivity index (χ1v) is 19.0. The van der Waals surface area contributed by atoms with Crippen LogP contribution in [0.1, 0.15) is 78.1 Å². The molecule has 7 rings (SSSR count). The number of amides is 3. The zero-order chi connectivity index (χ0) is 37.6. The fourth-order valence-corrected chi connectivity index (χ4v) is 7.86. The Bertz CT molecular complexity index is 2010. The van der Waals surface area contributed by atoms with Gasteiger partial charge in [0.1, 0.15) is 23.4 Å². The third-order valence-electron chi connectivity index (χ3n) is 10.8. The highest BCUT2D eigenvalue weighted by molar-refractivity contribution is 6.05. The number of nitrogens with zero attached hydrogens (tertiary/aromatic N) is 3. The van der Waals surface area contributed by atoms with Crippen molar-refractivity contribution in [2.45, 2.75) is 58.0 Å². The maximum atomic E-state index is 15.3. The molecule has 0 bridgehead atoms. The van der Waals surface area contributed by atoms with E-state index in [0.29, 0.717) is 36.5 Å². The molecule has 2 N–H and O–H groups in total. The molecule has 3 amide bonds. The molecular formula is C44H47FN4O5. The predicted molar refractivity (Wildman–Crippen MR) is 208 cm³/mol. The number of nitrogens with one attached hydrogen (secondary N) is 1. The van der Waals surface area contributed by atoms with Gasteiger partial charge in [0.2, 0.25) is 11.8 Å². The lowest BCUT2D eigenvalue weighted by molar-refractivity contribution is -0.136. The molecule has 54 heavy (non-hydrogen) atoms. The van der Waals surface area contributed by atoms with Crippen LogP contribution < -0.4 is 15.0 Å². The number of phenols is 1. The van der Waals surface area contributed by atoms with Gasteiger partial charge in [-0.2, -0.15) is 0 Å². The van der Waals surface area contributed by atoms with E-state index in [0.717, 1.165) is 67.8 Å². The number of aromatic hydroxyl groups is 1. The summed E-state index contributed by atoms with van der Waals surface area (Å²) in [6.07, 6.45) is 4.34. The highest BCUT2D eigenvalue weighted by Crippen LogP contribution is 2.36. The quantitative estimate of drug-likeness (QED) is 0.0866. The van der Waals surface area contributed by atoms with Crippen LogP contribution in [-0.4, -0.2) is 78.0 Å². The van der Waals surface area contributed by atoms with E-state index in [2.05, 4.69) is 53.5 Å². The summed E-state index contributed by atoms with van der Waals surface area (Å²) in [5, 5.41) is 12.2. The first-order chi connectivity index (χ1) is 26.3. The van der Waals surface area contributed by atoms with Crippen molar-refractivity contribution in [1.82, 2.24) is 15.1 Å². The molecule has 0 aromatic heterocycles. The molecule has 0 saturated carbocycles. The van der Waals surface area contributed by atoms with Crippen molar-refractivity contribution in [1.29, 1.82) is 0 Å². The molecule has 3 heterocycles. The highest BCUT2D eigenvalue weighted by atomic mass is 19.1. The van der Waals surface area contributed by atoms with Crippen LogP contribution in [0.2, 0.25) is 0 Å². The van der Waals surface area contributed by atoms with Crippen molar-refractivity contribution in [3.05, 3.63) is 125 Å². The van der Waals surface area contributed by atoms with Crippen LogP contribution in [0.5, 0.6) is 11.5 Å². The lowest BCUT2D eigenvalue weighted by Crippen LogP contribution is -2.52. The van der Waals surface area contributed by atoms with Gasteiger partial charge in [0.15, 0.2) is 0 Å². The van der Waals surface area contributed by atoms with Crippen molar-refractivity contribution >= 4 is 34.6 Å². The zero-order valence-electron chi connectivity index (χ0n) is 30.7. The van der Waals surface area contributed by atoms with E-state index in [1.165, 1.54) is 22.1 Å². The molecule has 1 unspecified atom stereocenters. The second-order valence-electron chi connectivity index (χ2n) is 14.2. The zero-order valence-corrected chi connectivity index (χ0v) is 30.7. The average Bonchev–Trinajstić information content (AvgIpc) is 3.50. The molecule has 0 aliphatic carbocycles. The number of allylic oxidation sites excluding steroid dienone is 1. The molecule has 3 aliphatic rings. The number of hydrogen-bond donors (Lipinski definition) is 2. The molecule has 0 spiro atoms. The molecule has 9 nitrogen and oxygen atoms in total. The number of ether oxygens (including phenoxy) is 1. The van der Waals surface area contributed by atoms with Crippen molar-refractivity contribution in [2.24, 2.45) is 0 Å². The van der Waals surface area contributed by atoms with Crippen LogP contribution in [-0.2, 0) is 16.1 Å². The number of fused-ring (bicyclic) bond motifs is 1. The number of rotatable bonds is 13. The first-order valence-electron chi connectivity index (χ1n) is 19.0. The van der Waals surface area contributed by atoms with Gasteiger partial charge >= 0.3 is 0 Å². The molecule has 4 aromatic rings. The second kappa shape index (κ2) is 16.7. The lowest BCUT2D eigenvalue weighted by atomic mass is 9.88. The number of hydrogen-bond acceptors (Lipinski definition) is 7. The summed E-state index contributed by atoms with van der Waals surface area (Å²) < 4.78 is 21.4. The third-order valence-corrected chi connectivity index (χ3v) is 10.8. The maximum Gasteiger partial charge on any atom is 0.255 e. The first kappa shape index (κ1) is 36.9. The Morgan fingerprint density at radius 1 is 0.852 bits per heavy atom. The fourth-order valence-electron chi connectivity index (χ4n) is 7.86. The maximum absolute atomic E-state index is 15.3. The molecule has 280 valence electrons. The Hall–Kier alpha value is -5.48. The highest BCUT2D eigenvalue weighted by Gasteiger charge is 2.40. The smallest absolute Gasteiger partial charge is 0.255 e. The van der Waals surface area contributed by atoms with Crippen LogP contribution in [0.3, 0.4) is 0 Å². The van der Waals surface area contributed by atoms with Crippen LogP contribution in [0, 0.1) is 5.82 Å². The van der Waals surface area contributed by atoms with Gasteiger partial charge < -0.3 is 19.6 Å². The molecule has 3 aliphatic heterocycles. The van der Waals surface area contributed by atoms with Crippen molar-refractivity contribution in [2.75, 3.05) is 44.2 Å². The topological polar surface area (TPSA) is 102 Å². The monoisotopic (exact) mass is 730 g/mol. The predicted octanol–water partition coefficient (Wildman–Crippen LogP) is 7.03. The van der Waals surface area contributed by atoms with Crippen molar-refractivity contribution in [3.63, 3.8) is 0 Å².